The Hall–Kier alpha value is -2.32. The summed E-state index contributed by atoms with van der Waals surface area (Å²) in [5.74, 6) is -0.0902. The summed E-state index contributed by atoms with van der Waals surface area (Å²) in [7, 11) is -3.34. The maximum atomic E-state index is 11.9. The summed E-state index contributed by atoms with van der Waals surface area (Å²) in [6, 6.07) is 10.1. The van der Waals surface area contributed by atoms with E-state index in [-0.39, 0.29) is 5.75 Å². The van der Waals surface area contributed by atoms with Crippen molar-refractivity contribution in [2.45, 2.75) is 5.75 Å². The summed E-state index contributed by atoms with van der Waals surface area (Å²) < 4.78 is 28.6. The topological polar surface area (TPSA) is 71.1 Å². The van der Waals surface area contributed by atoms with Crippen molar-refractivity contribution in [3.63, 3.8) is 0 Å². The zero-order valence-electron chi connectivity index (χ0n) is 9.98. The maximum Gasteiger partial charge on any atom is 0.175 e. The van der Waals surface area contributed by atoms with E-state index in [1.165, 1.54) is 18.6 Å². The van der Waals surface area contributed by atoms with Crippen LogP contribution in [0.2, 0.25) is 0 Å². The minimum Gasteiger partial charge on any atom is -0.472 e. The first-order valence-corrected chi connectivity index (χ1v) is 7.23. The second-order valence-electron chi connectivity index (χ2n) is 3.98. The molecular weight excluding hydrogens is 262 g/mol. The van der Waals surface area contributed by atoms with E-state index in [1.54, 1.807) is 30.3 Å². The summed E-state index contributed by atoms with van der Waals surface area (Å²) in [5.41, 5.74) is 1.86. The van der Waals surface area contributed by atoms with Crippen LogP contribution in [0, 0.1) is 11.3 Å². The maximum absolute atomic E-state index is 11.9. The van der Waals surface area contributed by atoms with Crippen molar-refractivity contribution in [1.82, 2.24) is 0 Å². The van der Waals surface area contributed by atoms with Crippen molar-refractivity contribution in [2.75, 3.05) is 0 Å². The Bertz CT molecular complexity index is 705. The molecule has 0 aliphatic heterocycles. The van der Waals surface area contributed by atoms with Gasteiger partial charge in [-0.1, -0.05) is 12.1 Å². The van der Waals surface area contributed by atoms with Gasteiger partial charge in [0, 0.05) is 11.0 Å². The highest BCUT2D eigenvalue weighted by Gasteiger charge is 2.07. The fraction of sp³-hybridized carbons (Fsp3) is 0.0714. The minimum atomic E-state index is -3.34. The lowest BCUT2D eigenvalue weighted by Crippen LogP contribution is -1.99. The van der Waals surface area contributed by atoms with Gasteiger partial charge in [-0.15, -0.1) is 0 Å². The number of hydrogen-bond acceptors (Lipinski definition) is 4. The van der Waals surface area contributed by atoms with Gasteiger partial charge in [0.1, 0.15) is 0 Å². The van der Waals surface area contributed by atoms with Crippen LogP contribution in [0.25, 0.3) is 6.08 Å². The van der Waals surface area contributed by atoms with Gasteiger partial charge in [0.25, 0.3) is 0 Å². The Kier molecular flexibility index (Phi) is 3.83. The van der Waals surface area contributed by atoms with Gasteiger partial charge in [-0.3, -0.25) is 0 Å². The molecule has 0 aliphatic rings. The first-order chi connectivity index (χ1) is 9.09. The van der Waals surface area contributed by atoms with Gasteiger partial charge >= 0.3 is 0 Å². The molecule has 5 heteroatoms. The van der Waals surface area contributed by atoms with Gasteiger partial charge in [0.05, 0.1) is 29.9 Å². The molecule has 0 unspecified atom stereocenters. The number of benzene rings is 1. The number of nitrogens with zero attached hydrogens (tertiary/aromatic N) is 1. The van der Waals surface area contributed by atoms with E-state index in [2.05, 4.69) is 0 Å². The average Bonchev–Trinajstić information content (AvgIpc) is 2.90. The third kappa shape index (κ3) is 3.83. The van der Waals surface area contributed by atoms with Gasteiger partial charge in [0.15, 0.2) is 9.84 Å². The highest BCUT2D eigenvalue weighted by atomic mass is 32.2. The summed E-state index contributed by atoms with van der Waals surface area (Å²) in [6.45, 7) is 0. The average molecular weight is 273 g/mol. The summed E-state index contributed by atoms with van der Waals surface area (Å²) in [6.07, 6.45) is 4.43. The summed E-state index contributed by atoms with van der Waals surface area (Å²) in [4.78, 5) is 0. The predicted octanol–water partition coefficient (Wildman–Crippen LogP) is 2.74. The van der Waals surface area contributed by atoms with E-state index in [9.17, 15) is 8.42 Å². The lowest BCUT2D eigenvalue weighted by atomic mass is 10.2. The quantitative estimate of drug-likeness (QED) is 0.858. The van der Waals surface area contributed by atoms with Crippen LogP contribution in [0.5, 0.6) is 0 Å². The first-order valence-electron chi connectivity index (χ1n) is 5.51. The summed E-state index contributed by atoms with van der Waals surface area (Å²) >= 11 is 0. The van der Waals surface area contributed by atoms with E-state index < -0.39 is 9.84 Å². The van der Waals surface area contributed by atoms with Gasteiger partial charge in [-0.25, -0.2) is 8.42 Å². The second-order valence-corrected chi connectivity index (χ2v) is 5.86. The molecule has 0 radical (unpaired) electrons. The van der Waals surface area contributed by atoms with Crippen LogP contribution in [0.3, 0.4) is 0 Å². The van der Waals surface area contributed by atoms with E-state index in [4.69, 9.17) is 9.68 Å². The molecule has 0 fully saturated rings. The van der Waals surface area contributed by atoms with Crippen LogP contribution in [-0.4, -0.2) is 8.42 Å². The van der Waals surface area contributed by atoms with E-state index in [0.717, 1.165) is 5.41 Å². The molecule has 2 aromatic rings. The van der Waals surface area contributed by atoms with Crippen LogP contribution < -0.4 is 0 Å². The molecule has 1 aromatic heterocycles. The van der Waals surface area contributed by atoms with Gasteiger partial charge < -0.3 is 4.42 Å². The molecule has 2 rings (SSSR count). The smallest absolute Gasteiger partial charge is 0.175 e. The fourth-order valence-electron chi connectivity index (χ4n) is 1.51. The van der Waals surface area contributed by atoms with Crippen molar-refractivity contribution >= 4 is 15.9 Å². The predicted molar refractivity (Wildman–Crippen MR) is 71.5 cm³/mol. The number of sulfone groups is 1. The van der Waals surface area contributed by atoms with Crippen molar-refractivity contribution in [2.24, 2.45) is 0 Å². The van der Waals surface area contributed by atoms with Crippen LogP contribution in [0.4, 0.5) is 0 Å². The molecule has 0 amide bonds. The first kappa shape index (κ1) is 13.1. The van der Waals surface area contributed by atoms with Crippen LogP contribution in [0.1, 0.15) is 16.7 Å². The molecule has 1 aromatic carbocycles. The van der Waals surface area contributed by atoms with Gasteiger partial charge in [-0.2, -0.15) is 5.26 Å². The third-order valence-corrected chi connectivity index (χ3v) is 3.75. The molecule has 0 atom stereocenters. The SMILES string of the molecule is N#Cc1ccc(CS(=O)(=O)C=Cc2ccoc2)cc1. The number of rotatable bonds is 4. The zero-order valence-corrected chi connectivity index (χ0v) is 10.8. The number of hydrogen-bond donors (Lipinski definition) is 0. The molecule has 4 nitrogen and oxygen atoms in total. The van der Waals surface area contributed by atoms with Crippen LogP contribution in [-0.2, 0) is 15.6 Å². The number of nitriles is 1. The van der Waals surface area contributed by atoms with Crippen LogP contribution >= 0.6 is 0 Å². The minimum absolute atomic E-state index is 0.0902. The van der Waals surface area contributed by atoms with Crippen molar-refractivity contribution in [3.8, 4) is 6.07 Å². The zero-order chi connectivity index (χ0) is 13.7. The third-order valence-electron chi connectivity index (χ3n) is 2.46. The molecular formula is C14H11NO3S. The molecule has 96 valence electrons. The fourth-order valence-corrected chi connectivity index (χ4v) is 2.63. The van der Waals surface area contributed by atoms with Crippen LogP contribution in [0.15, 0.2) is 52.7 Å². The molecule has 19 heavy (non-hydrogen) atoms. The number of furan rings is 1. The van der Waals surface area contributed by atoms with E-state index in [0.29, 0.717) is 16.7 Å². The van der Waals surface area contributed by atoms with Crippen molar-refractivity contribution in [3.05, 3.63) is 65.0 Å². The Labute approximate surface area is 111 Å². The van der Waals surface area contributed by atoms with Gasteiger partial charge in [0.2, 0.25) is 0 Å². The molecule has 0 spiro atoms. The van der Waals surface area contributed by atoms with E-state index in [1.807, 2.05) is 6.07 Å². The normalized spacial score (nSPS) is 11.5. The lowest BCUT2D eigenvalue weighted by molar-refractivity contribution is 0.567. The van der Waals surface area contributed by atoms with E-state index >= 15 is 0 Å². The Balaban J connectivity index is 2.10. The second kappa shape index (κ2) is 5.55. The van der Waals surface area contributed by atoms with Crippen molar-refractivity contribution in [1.29, 1.82) is 5.26 Å². The summed E-state index contributed by atoms with van der Waals surface area (Å²) in [5, 5.41) is 9.83. The molecule has 0 aliphatic carbocycles. The highest BCUT2D eigenvalue weighted by molar-refractivity contribution is 7.93. The molecule has 0 saturated heterocycles. The highest BCUT2D eigenvalue weighted by Crippen LogP contribution is 2.11. The Morgan fingerprint density at radius 3 is 2.53 bits per heavy atom. The molecule has 0 N–H and O–H groups in total. The molecule has 0 bridgehead atoms. The largest absolute Gasteiger partial charge is 0.472 e. The monoisotopic (exact) mass is 273 g/mol. The van der Waals surface area contributed by atoms with Crippen molar-refractivity contribution < 1.29 is 12.8 Å². The van der Waals surface area contributed by atoms with Gasteiger partial charge in [-0.05, 0) is 29.8 Å². The standard InChI is InChI=1S/C14H11NO3S/c15-9-12-1-3-14(4-2-12)11-19(16,17)8-6-13-5-7-18-10-13/h1-8,10H,11H2. The molecule has 0 saturated carbocycles. The Morgan fingerprint density at radius 2 is 1.95 bits per heavy atom. The molecule has 1 heterocycles. The Morgan fingerprint density at radius 1 is 1.21 bits per heavy atom. The lowest BCUT2D eigenvalue weighted by Gasteiger charge is -1.99.